The van der Waals surface area contributed by atoms with Gasteiger partial charge in [-0.1, -0.05) is 6.07 Å². The number of carbonyl (C=O) groups excluding carboxylic acids is 1. The van der Waals surface area contributed by atoms with Crippen LogP contribution in [0.15, 0.2) is 18.2 Å². The number of phenols is 1. The first-order valence-electron chi connectivity index (χ1n) is 4.40. The van der Waals surface area contributed by atoms with Crippen LogP contribution in [0.2, 0.25) is 0 Å². The van der Waals surface area contributed by atoms with Crippen molar-refractivity contribution in [2.75, 3.05) is 5.88 Å². The van der Waals surface area contributed by atoms with Gasteiger partial charge < -0.3 is 10.4 Å². The van der Waals surface area contributed by atoms with Crippen molar-refractivity contribution in [2.24, 2.45) is 0 Å². The molecule has 3 nitrogen and oxygen atoms in total. The molecular formula is C10H11ClFNO2. The number of alkyl halides is 1. The van der Waals surface area contributed by atoms with Gasteiger partial charge in [0.25, 0.3) is 5.91 Å². The summed E-state index contributed by atoms with van der Waals surface area (Å²) in [5.41, 5.74) is -0.352. The molecule has 0 fully saturated rings. The number of amides is 1. The van der Waals surface area contributed by atoms with Crippen molar-refractivity contribution in [3.05, 3.63) is 29.6 Å². The van der Waals surface area contributed by atoms with Gasteiger partial charge in [-0.3, -0.25) is 4.79 Å². The van der Waals surface area contributed by atoms with Crippen molar-refractivity contribution in [3.8, 4) is 5.75 Å². The van der Waals surface area contributed by atoms with Gasteiger partial charge in [0.1, 0.15) is 17.1 Å². The average Bonchev–Trinajstić information content (AvgIpc) is 2.17. The lowest BCUT2D eigenvalue weighted by Gasteiger charge is -2.11. The van der Waals surface area contributed by atoms with Crippen LogP contribution in [0, 0.1) is 5.82 Å². The summed E-state index contributed by atoms with van der Waals surface area (Å²) >= 11 is 5.49. The Hall–Kier alpha value is -1.29. The van der Waals surface area contributed by atoms with E-state index < -0.39 is 11.7 Å². The van der Waals surface area contributed by atoms with Gasteiger partial charge in [0.2, 0.25) is 0 Å². The molecule has 15 heavy (non-hydrogen) atoms. The second kappa shape index (κ2) is 4.98. The maximum atomic E-state index is 13.2. The number of benzene rings is 1. The molecule has 1 rings (SSSR count). The van der Waals surface area contributed by atoms with Crippen LogP contribution in [-0.2, 0) is 0 Å². The molecule has 0 saturated heterocycles. The maximum Gasteiger partial charge on any atom is 0.258 e. The zero-order chi connectivity index (χ0) is 11.4. The Morgan fingerprint density at radius 1 is 1.67 bits per heavy atom. The molecule has 1 aromatic rings. The summed E-state index contributed by atoms with van der Waals surface area (Å²) in [7, 11) is 0. The van der Waals surface area contributed by atoms with E-state index in [4.69, 9.17) is 11.6 Å². The predicted molar refractivity (Wildman–Crippen MR) is 55.7 cm³/mol. The standard InChI is InChI=1S/C10H11ClFNO2/c1-6(5-11)13-10(15)9-7(12)3-2-4-8(9)14/h2-4,6,14H,5H2,1H3,(H,13,15). The largest absolute Gasteiger partial charge is 0.507 e. The van der Waals surface area contributed by atoms with Crippen molar-refractivity contribution in [3.63, 3.8) is 0 Å². The molecule has 0 heterocycles. The normalized spacial score (nSPS) is 12.2. The second-order valence-electron chi connectivity index (χ2n) is 3.16. The number of hydrogen-bond acceptors (Lipinski definition) is 2. The molecule has 0 radical (unpaired) electrons. The maximum absolute atomic E-state index is 13.2. The number of nitrogens with one attached hydrogen (secondary N) is 1. The van der Waals surface area contributed by atoms with Crippen LogP contribution < -0.4 is 5.32 Å². The fourth-order valence-electron chi connectivity index (χ4n) is 1.07. The number of aromatic hydroxyl groups is 1. The summed E-state index contributed by atoms with van der Waals surface area (Å²) in [5, 5.41) is 11.8. The topological polar surface area (TPSA) is 49.3 Å². The average molecular weight is 232 g/mol. The van der Waals surface area contributed by atoms with Crippen LogP contribution in [-0.4, -0.2) is 22.9 Å². The molecule has 2 N–H and O–H groups in total. The van der Waals surface area contributed by atoms with Crippen molar-refractivity contribution < 1.29 is 14.3 Å². The van der Waals surface area contributed by atoms with Crippen molar-refractivity contribution >= 4 is 17.5 Å². The first-order chi connectivity index (χ1) is 7.06. The van der Waals surface area contributed by atoms with E-state index in [2.05, 4.69) is 5.32 Å². The minimum Gasteiger partial charge on any atom is -0.507 e. The van der Waals surface area contributed by atoms with Crippen molar-refractivity contribution in [2.45, 2.75) is 13.0 Å². The first-order valence-corrected chi connectivity index (χ1v) is 4.94. The summed E-state index contributed by atoms with van der Waals surface area (Å²) in [6, 6.07) is 3.41. The summed E-state index contributed by atoms with van der Waals surface area (Å²) < 4.78 is 13.2. The molecule has 5 heteroatoms. The molecule has 0 spiro atoms. The van der Waals surface area contributed by atoms with Gasteiger partial charge in [-0.2, -0.15) is 0 Å². The zero-order valence-corrected chi connectivity index (χ0v) is 8.88. The summed E-state index contributed by atoms with van der Waals surface area (Å²) in [6.45, 7) is 1.68. The van der Waals surface area contributed by atoms with Crippen LogP contribution >= 0.6 is 11.6 Å². The van der Waals surface area contributed by atoms with Crippen LogP contribution in [0.5, 0.6) is 5.75 Å². The number of rotatable bonds is 3. The van der Waals surface area contributed by atoms with E-state index in [0.29, 0.717) is 0 Å². The molecule has 82 valence electrons. The van der Waals surface area contributed by atoms with E-state index in [-0.39, 0.29) is 23.2 Å². The van der Waals surface area contributed by atoms with E-state index in [1.165, 1.54) is 12.1 Å². The van der Waals surface area contributed by atoms with Gasteiger partial charge in [0, 0.05) is 11.9 Å². The molecule has 0 bridgehead atoms. The molecule has 0 aliphatic rings. The third kappa shape index (κ3) is 2.83. The number of phenolic OH excluding ortho intramolecular Hbond substituents is 1. The van der Waals surface area contributed by atoms with Crippen molar-refractivity contribution in [1.82, 2.24) is 5.32 Å². The SMILES string of the molecule is CC(CCl)NC(=O)c1c(O)cccc1F. The Bertz CT molecular complexity index is 350. The Balaban J connectivity index is 2.91. The third-order valence-corrected chi connectivity index (χ3v) is 2.29. The molecule has 0 aliphatic carbocycles. The molecular weight excluding hydrogens is 221 g/mol. The van der Waals surface area contributed by atoms with E-state index >= 15 is 0 Å². The molecule has 1 atom stereocenters. The Labute approximate surface area is 91.9 Å². The lowest BCUT2D eigenvalue weighted by atomic mass is 10.1. The lowest BCUT2D eigenvalue weighted by molar-refractivity contribution is 0.0936. The molecule has 1 amide bonds. The number of hydrogen-bond donors (Lipinski definition) is 2. The van der Waals surface area contributed by atoms with Crippen LogP contribution in [0.25, 0.3) is 0 Å². The second-order valence-corrected chi connectivity index (χ2v) is 3.47. The monoisotopic (exact) mass is 231 g/mol. The minimum absolute atomic E-state index is 0.223. The summed E-state index contributed by atoms with van der Waals surface area (Å²) in [5.74, 6) is -1.58. The van der Waals surface area contributed by atoms with E-state index in [1.807, 2.05) is 0 Å². The highest BCUT2D eigenvalue weighted by atomic mass is 35.5. The number of carbonyl (C=O) groups is 1. The van der Waals surface area contributed by atoms with Gasteiger partial charge in [0.05, 0.1) is 0 Å². The summed E-state index contributed by atoms with van der Waals surface area (Å²) in [6.07, 6.45) is 0. The Morgan fingerprint density at radius 3 is 2.87 bits per heavy atom. The van der Waals surface area contributed by atoms with E-state index in [1.54, 1.807) is 6.92 Å². The Kier molecular flexibility index (Phi) is 3.91. The molecule has 1 unspecified atom stereocenters. The highest BCUT2D eigenvalue weighted by Gasteiger charge is 2.17. The quantitative estimate of drug-likeness (QED) is 0.781. The predicted octanol–water partition coefficient (Wildman–Crippen LogP) is 1.89. The van der Waals surface area contributed by atoms with Gasteiger partial charge in [-0.05, 0) is 19.1 Å². The Morgan fingerprint density at radius 2 is 2.33 bits per heavy atom. The zero-order valence-electron chi connectivity index (χ0n) is 8.13. The van der Waals surface area contributed by atoms with Crippen LogP contribution in [0.1, 0.15) is 17.3 Å². The van der Waals surface area contributed by atoms with E-state index in [9.17, 15) is 14.3 Å². The molecule has 1 aromatic carbocycles. The third-order valence-electron chi connectivity index (χ3n) is 1.83. The van der Waals surface area contributed by atoms with Gasteiger partial charge in [0.15, 0.2) is 0 Å². The lowest BCUT2D eigenvalue weighted by Crippen LogP contribution is -2.34. The fourth-order valence-corrected chi connectivity index (χ4v) is 1.15. The van der Waals surface area contributed by atoms with Crippen LogP contribution in [0.3, 0.4) is 0 Å². The van der Waals surface area contributed by atoms with E-state index in [0.717, 1.165) is 6.07 Å². The van der Waals surface area contributed by atoms with Crippen molar-refractivity contribution in [1.29, 1.82) is 0 Å². The van der Waals surface area contributed by atoms with Gasteiger partial charge in [-0.25, -0.2) is 4.39 Å². The minimum atomic E-state index is -0.755. The fraction of sp³-hybridized carbons (Fsp3) is 0.300. The highest BCUT2D eigenvalue weighted by molar-refractivity contribution is 6.18. The van der Waals surface area contributed by atoms with Gasteiger partial charge >= 0.3 is 0 Å². The summed E-state index contributed by atoms with van der Waals surface area (Å²) in [4.78, 5) is 11.5. The molecule has 0 saturated carbocycles. The van der Waals surface area contributed by atoms with Crippen LogP contribution in [0.4, 0.5) is 4.39 Å². The molecule has 0 aromatic heterocycles. The molecule has 0 aliphatic heterocycles. The van der Waals surface area contributed by atoms with Gasteiger partial charge in [-0.15, -0.1) is 11.6 Å². The number of halogens is 2. The first kappa shape index (κ1) is 11.8. The smallest absolute Gasteiger partial charge is 0.258 e. The highest BCUT2D eigenvalue weighted by Crippen LogP contribution is 2.19.